The van der Waals surface area contributed by atoms with Crippen molar-refractivity contribution in [2.24, 2.45) is 0 Å². The van der Waals surface area contributed by atoms with Gasteiger partial charge < -0.3 is 0 Å². The Morgan fingerprint density at radius 2 is 1.86 bits per heavy atom. The van der Waals surface area contributed by atoms with Crippen molar-refractivity contribution < 1.29 is 4.39 Å². The lowest BCUT2D eigenvalue weighted by atomic mass is 9.84. The molecule has 0 amide bonds. The molecule has 4 rings (SSSR count). The Kier molecular flexibility index (Phi) is 2.79. The Labute approximate surface area is 128 Å². The molecule has 5 heteroatoms. The van der Waals surface area contributed by atoms with E-state index in [0.29, 0.717) is 5.92 Å². The van der Waals surface area contributed by atoms with Crippen LogP contribution in [-0.2, 0) is 5.41 Å². The first-order valence-corrected chi connectivity index (χ1v) is 7.53. The lowest BCUT2D eigenvalue weighted by molar-refractivity contribution is 0.576. The lowest BCUT2D eigenvalue weighted by Crippen LogP contribution is -2.22. The highest BCUT2D eigenvalue weighted by molar-refractivity contribution is 5.48. The molecular formula is C17H17FN4. The molecule has 2 aromatic heterocycles. The standard InChI is InChI=1S/C17H17FN4/c1-17(2,12-5-7-13(18)8-6-12)16-21-20-15-14(11-3-4-11)19-9-10-22(15)16/h5-11H,3-4H2,1-2H3. The molecule has 1 saturated carbocycles. The largest absolute Gasteiger partial charge is 0.283 e. The van der Waals surface area contributed by atoms with E-state index in [1.807, 2.05) is 16.8 Å². The van der Waals surface area contributed by atoms with E-state index in [-0.39, 0.29) is 11.2 Å². The van der Waals surface area contributed by atoms with Gasteiger partial charge in [0.1, 0.15) is 11.6 Å². The number of halogens is 1. The van der Waals surface area contributed by atoms with Crippen LogP contribution >= 0.6 is 0 Å². The summed E-state index contributed by atoms with van der Waals surface area (Å²) in [6, 6.07) is 6.58. The van der Waals surface area contributed by atoms with Gasteiger partial charge in [-0.3, -0.25) is 9.38 Å². The molecule has 0 atom stereocenters. The Balaban J connectivity index is 1.86. The van der Waals surface area contributed by atoms with E-state index in [9.17, 15) is 4.39 Å². The molecule has 0 radical (unpaired) electrons. The van der Waals surface area contributed by atoms with E-state index in [1.54, 1.807) is 12.1 Å². The van der Waals surface area contributed by atoms with E-state index in [2.05, 4.69) is 29.0 Å². The molecule has 1 aliphatic rings. The molecule has 0 spiro atoms. The summed E-state index contributed by atoms with van der Waals surface area (Å²) in [7, 11) is 0. The highest BCUT2D eigenvalue weighted by Crippen LogP contribution is 2.41. The van der Waals surface area contributed by atoms with Crippen molar-refractivity contribution >= 4 is 5.65 Å². The van der Waals surface area contributed by atoms with Gasteiger partial charge in [-0.2, -0.15) is 0 Å². The molecule has 3 aromatic rings. The predicted molar refractivity (Wildman–Crippen MR) is 81.3 cm³/mol. The van der Waals surface area contributed by atoms with Gasteiger partial charge in [-0.25, -0.2) is 4.39 Å². The van der Waals surface area contributed by atoms with Crippen LogP contribution in [0.15, 0.2) is 36.7 Å². The minimum atomic E-state index is -0.366. The normalized spacial score (nSPS) is 15.4. The third-order valence-electron chi connectivity index (χ3n) is 4.44. The molecule has 0 aliphatic heterocycles. The van der Waals surface area contributed by atoms with E-state index < -0.39 is 0 Å². The van der Waals surface area contributed by atoms with Crippen LogP contribution in [0.5, 0.6) is 0 Å². The van der Waals surface area contributed by atoms with Gasteiger partial charge in [0.15, 0.2) is 5.65 Å². The second kappa shape index (κ2) is 4.60. The zero-order chi connectivity index (χ0) is 15.3. The van der Waals surface area contributed by atoms with Crippen LogP contribution in [0.4, 0.5) is 4.39 Å². The molecule has 1 aromatic carbocycles. The third kappa shape index (κ3) is 2.00. The summed E-state index contributed by atoms with van der Waals surface area (Å²) in [6.07, 6.45) is 6.07. The lowest BCUT2D eigenvalue weighted by Gasteiger charge is -2.23. The predicted octanol–water partition coefficient (Wildman–Crippen LogP) is 3.47. The molecule has 0 saturated heterocycles. The summed E-state index contributed by atoms with van der Waals surface area (Å²) in [5.74, 6) is 1.14. The molecule has 4 nitrogen and oxygen atoms in total. The summed E-state index contributed by atoms with van der Waals surface area (Å²) in [4.78, 5) is 4.48. The van der Waals surface area contributed by atoms with Crippen molar-refractivity contribution in [2.45, 2.75) is 38.0 Å². The number of rotatable bonds is 3. The minimum absolute atomic E-state index is 0.231. The van der Waals surface area contributed by atoms with Crippen molar-refractivity contribution in [3.63, 3.8) is 0 Å². The fourth-order valence-corrected chi connectivity index (χ4v) is 2.91. The third-order valence-corrected chi connectivity index (χ3v) is 4.44. The molecule has 22 heavy (non-hydrogen) atoms. The molecule has 1 aliphatic carbocycles. The topological polar surface area (TPSA) is 43.1 Å². The Morgan fingerprint density at radius 3 is 2.55 bits per heavy atom. The zero-order valence-corrected chi connectivity index (χ0v) is 12.6. The van der Waals surface area contributed by atoms with Gasteiger partial charge in [-0.05, 0) is 44.4 Å². The highest BCUT2D eigenvalue weighted by atomic mass is 19.1. The number of aromatic nitrogens is 4. The molecule has 0 bridgehead atoms. The van der Waals surface area contributed by atoms with Crippen molar-refractivity contribution in [1.29, 1.82) is 0 Å². The summed E-state index contributed by atoms with van der Waals surface area (Å²) in [6.45, 7) is 4.15. The first-order chi connectivity index (χ1) is 10.6. The van der Waals surface area contributed by atoms with Gasteiger partial charge in [-0.1, -0.05) is 12.1 Å². The van der Waals surface area contributed by atoms with Crippen LogP contribution in [0.1, 0.15) is 49.7 Å². The quantitative estimate of drug-likeness (QED) is 0.743. The molecule has 0 unspecified atom stereocenters. The molecular weight excluding hydrogens is 279 g/mol. The van der Waals surface area contributed by atoms with Crippen LogP contribution in [-0.4, -0.2) is 19.6 Å². The number of hydrogen-bond acceptors (Lipinski definition) is 3. The van der Waals surface area contributed by atoms with Crippen LogP contribution in [0, 0.1) is 5.82 Å². The van der Waals surface area contributed by atoms with Crippen molar-refractivity contribution in [2.75, 3.05) is 0 Å². The molecule has 112 valence electrons. The van der Waals surface area contributed by atoms with Gasteiger partial charge >= 0.3 is 0 Å². The maximum atomic E-state index is 13.2. The monoisotopic (exact) mass is 296 g/mol. The maximum Gasteiger partial charge on any atom is 0.182 e. The second-order valence-corrected chi connectivity index (χ2v) is 6.44. The van der Waals surface area contributed by atoms with Crippen LogP contribution < -0.4 is 0 Å². The first-order valence-electron chi connectivity index (χ1n) is 7.53. The molecule has 2 heterocycles. The fraction of sp³-hybridized carbons (Fsp3) is 0.353. The van der Waals surface area contributed by atoms with Gasteiger partial charge in [-0.15, -0.1) is 10.2 Å². The fourth-order valence-electron chi connectivity index (χ4n) is 2.91. The Bertz CT molecular complexity index is 831. The maximum absolute atomic E-state index is 13.2. The van der Waals surface area contributed by atoms with E-state index in [0.717, 1.165) is 22.7 Å². The van der Waals surface area contributed by atoms with Gasteiger partial charge in [0.25, 0.3) is 0 Å². The summed E-state index contributed by atoms with van der Waals surface area (Å²) in [5.41, 5.74) is 2.52. The number of benzene rings is 1. The summed E-state index contributed by atoms with van der Waals surface area (Å²) < 4.78 is 15.2. The average Bonchev–Trinajstić information content (AvgIpc) is 3.25. The second-order valence-electron chi connectivity index (χ2n) is 6.44. The van der Waals surface area contributed by atoms with E-state index >= 15 is 0 Å². The minimum Gasteiger partial charge on any atom is -0.283 e. The molecule has 1 fully saturated rings. The number of nitrogens with zero attached hydrogens (tertiary/aromatic N) is 4. The van der Waals surface area contributed by atoms with Gasteiger partial charge in [0.2, 0.25) is 0 Å². The van der Waals surface area contributed by atoms with Crippen LogP contribution in [0.3, 0.4) is 0 Å². The Hall–Kier alpha value is -2.30. The van der Waals surface area contributed by atoms with Crippen molar-refractivity contribution in [3.8, 4) is 0 Å². The van der Waals surface area contributed by atoms with Crippen LogP contribution in [0.2, 0.25) is 0 Å². The van der Waals surface area contributed by atoms with E-state index in [1.165, 1.54) is 25.0 Å². The highest BCUT2D eigenvalue weighted by Gasteiger charge is 2.32. The van der Waals surface area contributed by atoms with Gasteiger partial charge in [0.05, 0.1) is 11.1 Å². The van der Waals surface area contributed by atoms with Gasteiger partial charge in [0, 0.05) is 18.3 Å². The Morgan fingerprint density at radius 1 is 1.14 bits per heavy atom. The first kappa shape index (κ1) is 13.4. The molecule has 0 N–H and O–H groups in total. The number of fused-ring (bicyclic) bond motifs is 1. The van der Waals surface area contributed by atoms with E-state index in [4.69, 9.17) is 0 Å². The van der Waals surface area contributed by atoms with Crippen molar-refractivity contribution in [3.05, 3.63) is 59.6 Å². The van der Waals surface area contributed by atoms with Crippen LogP contribution in [0.25, 0.3) is 5.65 Å². The average molecular weight is 296 g/mol. The summed E-state index contributed by atoms with van der Waals surface area (Å²) >= 11 is 0. The van der Waals surface area contributed by atoms with Crippen molar-refractivity contribution in [1.82, 2.24) is 19.6 Å². The SMILES string of the molecule is CC(C)(c1ccc(F)cc1)c1nnc2c(C3CC3)nccn12. The number of hydrogen-bond donors (Lipinski definition) is 0. The summed E-state index contributed by atoms with van der Waals surface area (Å²) in [5, 5.41) is 8.78. The smallest absolute Gasteiger partial charge is 0.182 e. The zero-order valence-electron chi connectivity index (χ0n) is 12.6.